The number of phenolic OH excluding ortho intramolecular Hbond substituents is 1. The van der Waals surface area contributed by atoms with Crippen molar-refractivity contribution in [1.29, 1.82) is 0 Å². The highest BCUT2D eigenvalue weighted by Gasteiger charge is 2.39. The number of hydrogen-bond donors (Lipinski definition) is 1. The quantitative estimate of drug-likeness (QED) is 0.395. The fourth-order valence-corrected chi connectivity index (χ4v) is 4.74. The van der Waals surface area contributed by atoms with Gasteiger partial charge in [-0.2, -0.15) is 0 Å². The normalized spacial score (nSPS) is 19.2. The third kappa shape index (κ3) is 4.52. The molecule has 0 amide bonds. The first-order valence-corrected chi connectivity index (χ1v) is 11.8. The lowest BCUT2D eigenvalue weighted by atomic mass is 9.75. The van der Waals surface area contributed by atoms with E-state index in [1.54, 1.807) is 26.0 Å². The topological polar surface area (TPSA) is 92.7 Å². The molecule has 1 N–H and O–H groups in total. The lowest BCUT2D eigenvalue weighted by Gasteiger charge is -2.35. The molecule has 2 aromatic carbocycles. The number of methoxy groups -OCH3 is 5. The molecule has 0 saturated heterocycles. The predicted octanol–water partition coefficient (Wildman–Crippen LogP) is 5.48. The smallest absolute Gasteiger partial charge is 0.333 e. The summed E-state index contributed by atoms with van der Waals surface area (Å²) in [6, 6.07) is 3.65. The average molecular weight is 501 g/mol. The van der Waals surface area contributed by atoms with E-state index in [0.29, 0.717) is 51.7 Å². The minimum atomic E-state index is -0.660. The molecule has 0 aromatic heterocycles. The zero-order chi connectivity index (χ0) is 26.7. The maximum atomic E-state index is 13.0. The van der Waals surface area contributed by atoms with Crippen LogP contribution in [0.3, 0.4) is 0 Å². The first-order chi connectivity index (χ1) is 17.2. The van der Waals surface area contributed by atoms with Gasteiger partial charge in [-0.3, -0.25) is 0 Å². The number of hydrogen-bond acceptors (Lipinski definition) is 8. The molecule has 3 atom stereocenters. The second-order valence-electron chi connectivity index (χ2n) is 8.94. The van der Waals surface area contributed by atoms with E-state index in [-0.39, 0.29) is 23.3 Å². The van der Waals surface area contributed by atoms with E-state index < -0.39 is 12.1 Å². The molecule has 0 fully saturated rings. The zero-order valence-corrected chi connectivity index (χ0v) is 22.5. The summed E-state index contributed by atoms with van der Waals surface area (Å²) < 4.78 is 34.3. The summed E-state index contributed by atoms with van der Waals surface area (Å²) in [6.45, 7) is 7.65. The van der Waals surface area contributed by atoms with Crippen LogP contribution in [0.4, 0.5) is 0 Å². The Morgan fingerprint density at radius 2 is 1.47 bits per heavy atom. The molecule has 0 heterocycles. The molecule has 0 aliphatic heterocycles. The molecular formula is C28H36O8. The lowest BCUT2D eigenvalue weighted by molar-refractivity contribution is -0.148. The highest BCUT2D eigenvalue weighted by molar-refractivity contribution is 5.90. The van der Waals surface area contributed by atoms with Crippen LogP contribution in [0.25, 0.3) is 11.1 Å². The third-order valence-electron chi connectivity index (χ3n) is 7.05. The van der Waals surface area contributed by atoms with E-state index in [0.717, 1.165) is 5.56 Å². The van der Waals surface area contributed by atoms with Crippen LogP contribution >= 0.6 is 0 Å². The Kier molecular flexibility index (Phi) is 8.28. The molecule has 1 aliphatic rings. The summed E-state index contributed by atoms with van der Waals surface area (Å²) in [7, 11) is 7.56. The number of ether oxygens (including phenoxy) is 6. The monoisotopic (exact) mass is 500 g/mol. The van der Waals surface area contributed by atoms with Crippen molar-refractivity contribution < 1.29 is 38.3 Å². The summed E-state index contributed by atoms with van der Waals surface area (Å²) >= 11 is 0. The summed E-state index contributed by atoms with van der Waals surface area (Å²) in [5.74, 6) is 1.18. The summed E-state index contributed by atoms with van der Waals surface area (Å²) in [6.07, 6.45) is 1.64. The van der Waals surface area contributed by atoms with Crippen LogP contribution in [-0.2, 0) is 16.0 Å². The zero-order valence-electron chi connectivity index (χ0n) is 22.5. The molecule has 8 heteroatoms. The van der Waals surface area contributed by atoms with E-state index in [2.05, 4.69) is 6.92 Å². The molecular weight excluding hydrogens is 464 g/mol. The van der Waals surface area contributed by atoms with Crippen LogP contribution in [0.5, 0.6) is 34.5 Å². The molecule has 0 radical (unpaired) electrons. The largest absolute Gasteiger partial charge is 0.504 e. The van der Waals surface area contributed by atoms with E-state index in [1.807, 2.05) is 13.0 Å². The molecule has 2 aromatic rings. The molecule has 0 saturated carbocycles. The molecule has 3 unspecified atom stereocenters. The van der Waals surface area contributed by atoms with Gasteiger partial charge in [0.15, 0.2) is 23.0 Å². The number of fused-ring (bicyclic) bond motifs is 3. The van der Waals surface area contributed by atoms with Crippen LogP contribution in [-0.4, -0.2) is 46.6 Å². The molecule has 36 heavy (non-hydrogen) atoms. The second-order valence-corrected chi connectivity index (χ2v) is 8.94. The van der Waals surface area contributed by atoms with Crippen LogP contribution in [0, 0.1) is 11.8 Å². The Balaban J connectivity index is 2.51. The molecule has 196 valence electrons. The van der Waals surface area contributed by atoms with Gasteiger partial charge in [-0.15, -0.1) is 0 Å². The number of carbonyl (C=O) groups excluding carboxylic acids is 1. The van der Waals surface area contributed by atoms with Crippen molar-refractivity contribution in [1.82, 2.24) is 0 Å². The number of aromatic hydroxyl groups is 1. The first-order valence-electron chi connectivity index (χ1n) is 11.8. The van der Waals surface area contributed by atoms with Gasteiger partial charge in [-0.1, -0.05) is 19.9 Å². The van der Waals surface area contributed by atoms with Gasteiger partial charge in [-0.05, 0) is 43.9 Å². The van der Waals surface area contributed by atoms with Crippen molar-refractivity contribution in [2.75, 3.05) is 35.5 Å². The van der Waals surface area contributed by atoms with E-state index in [9.17, 15) is 9.90 Å². The molecule has 1 aliphatic carbocycles. The summed E-state index contributed by atoms with van der Waals surface area (Å²) in [4.78, 5) is 13.0. The van der Waals surface area contributed by atoms with Crippen molar-refractivity contribution in [2.45, 2.75) is 40.2 Å². The Hall–Kier alpha value is -3.55. The number of benzene rings is 2. The van der Waals surface area contributed by atoms with Gasteiger partial charge in [0.25, 0.3) is 0 Å². The Bertz CT molecular complexity index is 1170. The minimum Gasteiger partial charge on any atom is -0.504 e. The van der Waals surface area contributed by atoms with Gasteiger partial charge in [-0.25, -0.2) is 4.79 Å². The molecule has 3 rings (SSSR count). The van der Waals surface area contributed by atoms with E-state index >= 15 is 0 Å². The standard InChI is InChI=1S/C28H36O8/c1-10-14(2)28(30)36-24-16(4)15(3)11-17-12-19(31-5)25(33-7)23(29)21(17)22-18(24)13-20(32-6)26(34-8)27(22)35-9/h10,12-13,15-16,24,29H,11H2,1-9H3/b14-10+. The van der Waals surface area contributed by atoms with Crippen LogP contribution in [0.15, 0.2) is 23.8 Å². The summed E-state index contributed by atoms with van der Waals surface area (Å²) in [5.41, 5.74) is 3.01. The number of allylic oxidation sites excluding steroid dienone is 1. The lowest BCUT2D eigenvalue weighted by Crippen LogP contribution is -2.27. The van der Waals surface area contributed by atoms with Gasteiger partial charge < -0.3 is 33.5 Å². The van der Waals surface area contributed by atoms with Gasteiger partial charge in [0.2, 0.25) is 11.5 Å². The van der Waals surface area contributed by atoms with Crippen LogP contribution in [0.2, 0.25) is 0 Å². The maximum Gasteiger partial charge on any atom is 0.333 e. The maximum absolute atomic E-state index is 13.0. The Morgan fingerprint density at radius 3 is 2.00 bits per heavy atom. The summed E-state index contributed by atoms with van der Waals surface area (Å²) in [5, 5.41) is 11.5. The van der Waals surface area contributed by atoms with E-state index in [1.165, 1.54) is 35.5 Å². The SMILES string of the molecule is C/C=C(\C)C(=O)OC1c2cc(OC)c(OC)c(OC)c2-c2c(cc(OC)c(OC)c2O)CC(C)C1C. The third-order valence-corrected chi connectivity index (χ3v) is 7.05. The van der Waals surface area contributed by atoms with Gasteiger partial charge in [0, 0.05) is 28.2 Å². The van der Waals surface area contributed by atoms with E-state index in [4.69, 9.17) is 28.4 Å². The fraction of sp³-hybridized carbons (Fsp3) is 0.464. The van der Waals surface area contributed by atoms with Gasteiger partial charge in [0.1, 0.15) is 6.10 Å². The predicted molar refractivity (Wildman–Crippen MR) is 137 cm³/mol. The van der Waals surface area contributed by atoms with Gasteiger partial charge in [0.05, 0.1) is 35.5 Å². The fourth-order valence-electron chi connectivity index (χ4n) is 4.74. The highest BCUT2D eigenvalue weighted by atomic mass is 16.5. The number of carbonyl (C=O) groups is 1. The van der Waals surface area contributed by atoms with Crippen molar-refractivity contribution >= 4 is 5.97 Å². The second kappa shape index (κ2) is 11.0. The minimum absolute atomic E-state index is 0.0669. The first kappa shape index (κ1) is 27.0. The Labute approximate surface area is 212 Å². The number of rotatable bonds is 7. The van der Waals surface area contributed by atoms with Crippen molar-refractivity contribution in [3.8, 4) is 45.6 Å². The van der Waals surface area contributed by atoms with Gasteiger partial charge >= 0.3 is 5.97 Å². The van der Waals surface area contributed by atoms with Crippen molar-refractivity contribution in [2.24, 2.45) is 11.8 Å². The molecule has 0 bridgehead atoms. The Morgan fingerprint density at radius 1 is 0.889 bits per heavy atom. The highest BCUT2D eigenvalue weighted by Crippen LogP contribution is 2.57. The van der Waals surface area contributed by atoms with Crippen LogP contribution in [0.1, 0.15) is 44.9 Å². The van der Waals surface area contributed by atoms with Crippen LogP contribution < -0.4 is 23.7 Å². The number of esters is 1. The molecule has 8 nitrogen and oxygen atoms in total. The number of phenols is 1. The van der Waals surface area contributed by atoms with Crippen molar-refractivity contribution in [3.63, 3.8) is 0 Å². The average Bonchev–Trinajstić information content (AvgIpc) is 2.88. The van der Waals surface area contributed by atoms with Crippen molar-refractivity contribution in [3.05, 3.63) is 34.9 Å². The molecule has 0 spiro atoms.